The molecule has 0 atom stereocenters. The van der Waals surface area contributed by atoms with Crippen molar-refractivity contribution in [3.63, 3.8) is 0 Å². The second-order valence-corrected chi connectivity index (χ2v) is 23.8. The van der Waals surface area contributed by atoms with Crippen molar-refractivity contribution in [2.24, 2.45) is 5.73 Å². The van der Waals surface area contributed by atoms with Crippen LogP contribution >= 0.6 is 0 Å². The fraction of sp³-hybridized carbons (Fsp3) is 0.338. The molecule has 2 fully saturated rings. The lowest BCUT2D eigenvalue weighted by atomic mass is 9.98. The molecule has 2 saturated heterocycles. The molecule has 4 N–H and O–H groups in total. The van der Waals surface area contributed by atoms with E-state index in [1.807, 2.05) is 98.6 Å². The van der Waals surface area contributed by atoms with E-state index in [1.54, 1.807) is 107 Å². The summed E-state index contributed by atoms with van der Waals surface area (Å²) in [7, 11) is 7.30. The Balaban J connectivity index is 0.000000221. The first-order valence-electron chi connectivity index (χ1n) is 32.1. The van der Waals surface area contributed by atoms with Gasteiger partial charge in [0.1, 0.15) is 23.8 Å². The molecule has 94 heavy (non-hydrogen) atoms. The van der Waals surface area contributed by atoms with Gasteiger partial charge in [-0.25, -0.2) is 0 Å². The van der Waals surface area contributed by atoms with Crippen LogP contribution in [0.25, 0.3) is 11.1 Å². The Labute approximate surface area is 551 Å². The van der Waals surface area contributed by atoms with Gasteiger partial charge in [-0.15, -0.1) is 0 Å². The average molecular weight is 1280 g/mol. The minimum atomic E-state index is -0.365. The highest BCUT2D eigenvalue weighted by molar-refractivity contribution is 6.13. The van der Waals surface area contributed by atoms with Gasteiger partial charge in [0.15, 0.2) is 0 Å². The van der Waals surface area contributed by atoms with E-state index in [4.69, 9.17) is 19.9 Å². The highest BCUT2D eigenvalue weighted by Crippen LogP contribution is 2.36. The Bertz CT molecular complexity index is 3790. The van der Waals surface area contributed by atoms with Crippen molar-refractivity contribution in [1.29, 1.82) is 0 Å². The highest BCUT2D eigenvalue weighted by atomic mass is 16.5. The van der Waals surface area contributed by atoms with Crippen molar-refractivity contribution >= 4 is 69.8 Å². The Hall–Kier alpha value is -9.89. The molecule has 0 unspecified atom stereocenters. The number of para-hydroxylation sites is 3. The lowest BCUT2D eigenvalue weighted by molar-refractivity contribution is -0.133. The zero-order valence-electron chi connectivity index (χ0n) is 54.7. The van der Waals surface area contributed by atoms with Crippen molar-refractivity contribution in [3.05, 3.63) is 191 Å². The minimum absolute atomic E-state index is 0.0664. The second kappa shape index (κ2) is 33.1. The number of aryl methyl sites for hydroxylation is 2. The summed E-state index contributed by atoms with van der Waals surface area (Å²) in [5.74, 6) is 0.199. The molecule has 7 amide bonds. The van der Waals surface area contributed by atoms with Crippen LogP contribution in [0.3, 0.4) is 0 Å². The summed E-state index contributed by atoms with van der Waals surface area (Å²) in [5, 5.41) is 5.83. The van der Waals surface area contributed by atoms with E-state index < -0.39 is 0 Å². The highest BCUT2D eigenvalue weighted by Gasteiger charge is 2.33. The number of amides is 7. The van der Waals surface area contributed by atoms with Gasteiger partial charge in [-0.3, -0.25) is 33.6 Å². The number of hydrogen-bond donors (Lipinski definition) is 3. The van der Waals surface area contributed by atoms with Crippen molar-refractivity contribution in [3.8, 4) is 28.4 Å². The fourth-order valence-electron chi connectivity index (χ4n) is 11.3. The number of anilines is 5. The zero-order chi connectivity index (χ0) is 66.7. The molecule has 7 aromatic rings. The maximum absolute atomic E-state index is 13.8. The lowest BCUT2D eigenvalue weighted by Gasteiger charge is -2.34. The maximum atomic E-state index is 13.8. The quantitative estimate of drug-likeness (QED) is 0.0539. The van der Waals surface area contributed by atoms with Crippen LogP contribution in [0.4, 0.5) is 28.4 Å². The van der Waals surface area contributed by atoms with Crippen molar-refractivity contribution in [2.75, 3.05) is 139 Å². The summed E-state index contributed by atoms with van der Waals surface area (Å²) in [5.41, 5.74) is 14.0. The third kappa shape index (κ3) is 17.8. The second-order valence-electron chi connectivity index (χ2n) is 23.8. The van der Waals surface area contributed by atoms with E-state index >= 15 is 0 Å². The van der Waals surface area contributed by atoms with E-state index in [2.05, 4.69) is 27.5 Å². The summed E-state index contributed by atoms with van der Waals surface area (Å²) in [4.78, 5) is 106. The van der Waals surface area contributed by atoms with Crippen LogP contribution in [0.5, 0.6) is 17.2 Å². The van der Waals surface area contributed by atoms with Crippen LogP contribution in [-0.2, 0) is 14.4 Å². The zero-order valence-corrected chi connectivity index (χ0v) is 54.7. The number of rotatable bonds is 22. The first-order valence-corrected chi connectivity index (χ1v) is 32.1. The number of carbonyl (C=O) groups excluding carboxylic acids is 7. The topological polar surface area (TPSA) is 220 Å². The van der Waals surface area contributed by atoms with Crippen LogP contribution in [0, 0.1) is 13.8 Å². The van der Waals surface area contributed by atoms with Gasteiger partial charge in [-0.2, -0.15) is 0 Å². The SMILES string of the molecule is COc1cc(C(=O)N(C)c2ccc(C)cc2OCCCCCC(=O)N2CCN(C)CC2)ccc1NC(=O)c1ccccc1OCCCN.Cc1ccc(-c2ccccc2C(=O)Nc2ccc(C(=O)N3CCC(=O)N(CC(=O)N4CCN(C)CC4)c4ccccc43)cc2)cc1. The number of piperazine rings is 2. The summed E-state index contributed by atoms with van der Waals surface area (Å²) in [6, 6.07) is 47.1. The maximum Gasteiger partial charge on any atom is 0.259 e. The molecule has 10 rings (SSSR count). The van der Waals surface area contributed by atoms with E-state index in [1.165, 1.54) is 12.0 Å². The number of nitrogens with zero attached hydrogens (tertiary/aromatic N) is 7. The molecule has 20 nitrogen and oxygen atoms in total. The molecule has 7 aromatic carbocycles. The molecule has 3 aliphatic heterocycles. The van der Waals surface area contributed by atoms with E-state index in [0.717, 1.165) is 80.8 Å². The molecule has 0 bridgehead atoms. The standard InChI is InChI=1S/C37H49N5O6.C37H37N5O4/c1-27-14-17-31(34(25-27)48-23-9-5-6-13-35(43)42-21-19-40(2)20-22-42)41(3)37(45)28-15-16-30(33(26-28)46-4)39-36(44)29-11-7-8-12-32(29)47-24-10-18-38;1-26-11-13-27(14-12-26)30-7-3-4-8-31(30)36(45)38-29-17-15-28(16-18-29)37(46)41-20-19-34(43)42(33-10-6-5-9-32(33)41)25-35(44)40-23-21-39(2)22-24-40/h7-8,11-12,14-17,25-26H,5-6,9-10,13,18-24,38H2,1-4H3,(H,39,44);3-18H,19-25H2,1-2H3,(H,38,45). The number of methoxy groups -OCH3 is 1. The monoisotopic (exact) mass is 1270 g/mol. The molecule has 492 valence electrons. The largest absolute Gasteiger partial charge is 0.495 e. The van der Waals surface area contributed by atoms with E-state index in [0.29, 0.717) is 114 Å². The summed E-state index contributed by atoms with van der Waals surface area (Å²) in [6.45, 7) is 11.8. The predicted molar refractivity (Wildman–Crippen MR) is 369 cm³/mol. The molecular weight excluding hydrogens is 1190 g/mol. The number of hydrogen-bond acceptors (Lipinski definition) is 13. The number of ether oxygens (including phenoxy) is 3. The van der Waals surface area contributed by atoms with Gasteiger partial charge in [-0.1, -0.05) is 78.4 Å². The minimum Gasteiger partial charge on any atom is -0.495 e. The fourth-order valence-corrected chi connectivity index (χ4v) is 11.3. The van der Waals surface area contributed by atoms with E-state index in [9.17, 15) is 33.6 Å². The number of likely N-dealkylation sites (N-methyl/N-ethyl adjacent to an activating group) is 2. The van der Waals surface area contributed by atoms with Crippen LogP contribution in [-0.4, -0.2) is 174 Å². The van der Waals surface area contributed by atoms with Gasteiger partial charge in [0, 0.05) is 101 Å². The Morgan fingerprint density at radius 2 is 1.15 bits per heavy atom. The Kier molecular flexibility index (Phi) is 24.1. The van der Waals surface area contributed by atoms with E-state index in [-0.39, 0.29) is 60.9 Å². The van der Waals surface area contributed by atoms with Crippen molar-refractivity contribution in [1.82, 2.24) is 19.6 Å². The molecule has 0 aromatic heterocycles. The Morgan fingerprint density at radius 3 is 1.84 bits per heavy atom. The Morgan fingerprint density at radius 1 is 0.553 bits per heavy atom. The molecule has 0 aliphatic carbocycles. The number of benzene rings is 7. The first kappa shape index (κ1) is 68.5. The molecule has 20 heteroatoms. The first-order chi connectivity index (χ1) is 45.5. The van der Waals surface area contributed by atoms with Gasteiger partial charge >= 0.3 is 0 Å². The van der Waals surface area contributed by atoms with Crippen molar-refractivity contribution in [2.45, 2.75) is 52.4 Å². The molecule has 3 heterocycles. The average Bonchev–Trinajstić information content (AvgIpc) is 1.56. The van der Waals surface area contributed by atoms with Crippen LogP contribution in [0.1, 0.15) is 91.1 Å². The normalized spacial score (nSPS) is 14.2. The van der Waals surface area contributed by atoms with Crippen LogP contribution in [0.2, 0.25) is 0 Å². The number of nitrogens with two attached hydrogens (primary N) is 1. The van der Waals surface area contributed by atoms with Gasteiger partial charge < -0.3 is 64.9 Å². The predicted octanol–water partition coefficient (Wildman–Crippen LogP) is 10.0. The lowest BCUT2D eigenvalue weighted by Crippen LogP contribution is -2.50. The number of nitrogens with one attached hydrogen (secondary N) is 2. The molecule has 0 radical (unpaired) electrons. The molecular formula is C74H86N10O10. The summed E-state index contributed by atoms with van der Waals surface area (Å²) >= 11 is 0. The third-order valence-corrected chi connectivity index (χ3v) is 17.0. The van der Waals surface area contributed by atoms with Gasteiger partial charge in [0.05, 0.1) is 48.6 Å². The smallest absolute Gasteiger partial charge is 0.259 e. The molecule has 0 saturated carbocycles. The molecule has 3 aliphatic rings. The number of carbonyl (C=O) groups is 7. The van der Waals surface area contributed by atoms with Crippen molar-refractivity contribution < 1.29 is 47.8 Å². The summed E-state index contributed by atoms with van der Waals surface area (Å²) < 4.78 is 17.5. The molecule has 0 spiro atoms. The summed E-state index contributed by atoms with van der Waals surface area (Å²) in [6.07, 6.45) is 3.82. The number of unbranched alkanes of at least 4 members (excludes halogenated alkanes) is 2. The van der Waals surface area contributed by atoms with Crippen LogP contribution < -0.4 is 45.3 Å². The van der Waals surface area contributed by atoms with Gasteiger partial charge in [0.25, 0.3) is 23.6 Å². The van der Waals surface area contributed by atoms with Crippen LogP contribution in [0.15, 0.2) is 158 Å². The van der Waals surface area contributed by atoms with Gasteiger partial charge in [0.2, 0.25) is 17.7 Å². The third-order valence-electron chi connectivity index (χ3n) is 17.0. The van der Waals surface area contributed by atoms with Gasteiger partial charge in [-0.05, 0) is 162 Å². The number of fused-ring (bicyclic) bond motifs is 1.